The number of rotatable bonds is 7. The number of nitrogens with one attached hydrogen (secondary N) is 3. The van der Waals surface area contributed by atoms with Crippen LogP contribution in [0.4, 0.5) is 11.4 Å². The third kappa shape index (κ3) is 5.50. The Morgan fingerprint density at radius 3 is 2.48 bits per heavy atom. The Morgan fingerprint density at radius 2 is 1.79 bits per heavy atom. The minimum absolute atomic E-state index is 0.104. The number of carbonyl (C=O) groups is 2. The number of hydrogen-bond acceptors (Lipinski definition) is 6. The molecule has 0 radical (unpaired) electrons. The number of hydrogen-bond donors (Lipinski definition) is 3. The van der Waals surface area contributed by atoms with Crippen LogP contribution in [0.3, 0.4) is 0 Å². The van der Waals surface area contributed by atoms with Crippen molar-refractivity contribution in [2.75, 3.05) is 17.3 Å². The molecule has 150 valence electrons. The minimum atomic E-state index is -0.987. The molecule has 0 saturated carbocycles. The minimum Gasteiger partial charge on any atom is -0.483 e. The van der Waals surface area contributed by atoms with Crippen molar-refractivity contribution in [2.45, 2.75) is 13.0 Å². The smallest absolute Gasteiger partial charge is 0.356 e. The number of amides is 1. The molecule has 2 aromatic rings. The quantitative estimate of drug-likeness (QED) is 0.231. The third-order valence-corrected chi connectivity index (χ3v) is 4.69. The normalized spacial score (nSPS) is 16.6. The number of hydrazine groups is 1. The van der Waals surface area contributed by atoms with Crippen LogP contribution in [-0.4, -0.2) is 24.6 Å². The Morgan fingerprint density at radius 1 is 1.07 bits per heavy atom. The molecular weight excluding hydrogens is 485 g/mol. The Labute approximate surface area is 182 Å². The van der Waals surface area contributed by atoms with Crippen LogP contribution in [0.5, 0.6) is 0 Å². The van der Waals surface area contributed by atoms with Crippen LogP contribution in [0, 0.1) is 3.57 Å². The Hall–Kier alpha value is -3.01. The number of benzene rings is 2. The van der Waals surface area contributed by atoms with Crippen molar-refractivity contribution in [3.8, 4) is 0 Å². The molecule has 3 rings (SSSR count). The fourth-order valence-electron chi connectivity index (χ4n) is 2.61. The first-order chi connectivity index (χ1) is 14.1. The van der Waals surface area contributed by atoms with E-state index < -0.39 is 18.0 Å². The fourth-order valence-corrected chi connectivity index (χ4v) is 2.97. The molecule has 1 atom stereocenters. The van der Waals surface area contributed by atoms with E-state index in [9.17, 15) is 9.59 Å². The van der Waals surface area contributed by atoms with Gasteiger partial charge in [-0.15, -0.1) is 0 Å². The Kier molecular flexibility index (Phi) is 7.12. The van der Waals surface area contributed by atoms with E-state index >= 15 is 0 Å². The second-order valence-electron chi connectivity index (χ2n) is 5.98. The lowest BCUT2D eigenvalue weighted by atomic mass is 10.1. The number of esters is 1. The van der Waals surface area contributed by atoms with Gasteiger partial charge in [0.1, 0.15) is 5.70 Å². The molecule has 1 unspecified atom stereocenters. The van der Waals surface area contributed by atoms with Gasteiger partial charge < -0.3 is 20.2 Å². The van der Waals surface area contributed by atoms with E-state index in [1.165, 1.54) is 6.26 Å². The molecule has 0 aromatic heterocycles. The summed E-state index contributed by atoms with van der Waals surface area (Å²) >= 11 is 2.19. The summed E-state index contributed by atoms with van der Waals surface area (Å²) in [5, 5.41) is 2.80. The zero-order valence-electron chi connectivity index (χ0n) is 15.6. The average Bonchev–Trinajstić information content (AvgIpc) is 3.20. The zero-order valence-corrected chi connectivity index (χ0v) is 17.8. The molecule has 7 nitrogen and oxygen atoms in total. The standard InChI is InChI=1S/C21H20IN3O4/c1-2-28-21(27)18(25-24-16-6-4-3-5-7-16)17-12-13-29-19(17)20(26)23-15-10-8-14(22)9-11-15/h3-13,19,24-25H,2H2,1H3,(H,23,26). The lowest BCUT2D eigenvalue weighted by Gasteiger charge is -2.18. The number of anilines is 2. The molecule has 3 N–H and O–H groups in total. The highest BCUT2D eigenvalue weighted by atomic mass is 127. The molecule has 29 heavy (non-hydrogen) atoms. The van der Waals surface area contributed by atoms with Gasteiger partial charge in [0.25, 0.3) is 5.91 Å². The van der Waals surface area contributed by atoms with E-state index in [1.54, 1.807) is 25.1 Å². The van der Waals surface area contributed by atoms with Crippen molar-refractivity contribution in [1.29, 1.82) is 0 Å². The van der Waals surface area contributed by atoms with Gasteiger partial charge in [-0.1, -0.05) is 18.2 Å². The first-order valence-corrected chi connectivity index (χ1v) is 10.0. The second-order valence-corrected chi connectivity index (χ2v) is 7.23. The van der Waals surface area contributed by atoms with Crippen LogP contribution < -0.4 is 16.2 Å². The summed E-state index contributed by atoms with van der Waals surface area (Å²) in [4.78, 5) is 25.3. The van der Waals surface area contributed by atoms with Gasteiger partial charge in [0.2, 0.25) is 6.10 Å². The molecule has 0 bridgehead atoms. The summed E-state index contributed by atoms with van der Waals surface area (Å²) in [6, 6.07) is 16.6. The molecule has 1 amide bonds. The summed E-state index contributed by atoms with van der Waals surface area (Å²) in [7, 11) is 0. The molecular formula is C21H20IN3O4. The van der Waals surface area contributed by atoms with E-state index in [4.69, 9.17) is 9.47 Å². The van der Waals surface area contributed by atoms with E-state index in [0.717, 1.165) is 9.26 Å². The van der Waals surface area contributed by atoms with Crippen LogP contribution >= 0.6 is 22.6 Å². The number of ether oxygens (including phenoxy) is 2. The summed E-state index contributed by atoms with van der Waals surface area (Å²) in [5.74, 6) is -0.984. The van der Waals surface area contributed by atoms with Crippen molar-refractivity contribution >= 4 is 45.8 Å². The summed E-state index contributed by atoms with van der Waals surface area (Å²) in [6.45, 7) is 1.92. The van der Waals surface area contributed by atoms with Crippen LogP contribution in [0.25, 0.3) is 0 Å². The molecule has 2 aromatic carbocycles. The van der Waals surface area contributed by atoms with E-state index in [1.807, 2.05) is 42.5 Å². The molecule has 1 aliphatic heterocycles. The second kappa shape index (κ2) is 9.97. The monoisotopic (exact) mass is 505 g/mol. The van der Waals surface area contributed by atoms with Crippen molar-refractivity contribution in [2.24, 2.45) is 0 Å². The van der Waals surface area contributed by atoms with Crippen molar-refractivity contribution in [1.82, 2.24) is 5.43 Å². The largest absolute Gasteiger partial charge is 0.483 e. The van der Waals surface area contributed by atoms with Crippen molar-refractivity contribution in [3.63, 3.8) is 0 Å². The highest BCUT2D eigenvalue weighted by molar-refractivity contribution is 14.1. The Balaban J connectivity index is 1.81. The molecule has 1 heterocycles. The average molecular weight is 505 g/mol. The lowest BCUT2D eigenvalue weighted by Crippen LogP contribution is -2.35. The van der Waals surface area contributed by atoms with Gasteiger partial charge in [0.15, 0.2) is 0 Å². The van der Waals surface area contributed by atoms with E-state index in [2.05, 4.69) is 38.8 Å². The highest BCUT2D eigenvalue weighted by Gasteiger charge is 2.32. The molecule has 0 fully saturated rings. The molecule has 0 aliphatic carbocycles. The third-order valence-electron chi connectivity index (χ3n) is 3.97. The van der Waals surface area contributed by atoms with Gasteiger partial charge in [0, 0.05) is 14.8 Å². The first kappa shape index (κ1) is 20.7. The summed E-state index contributed by atoms with van der Waals surface area (Å²) < 4.78 is 11.7. The lowest BCUT2D eigenvalue weighted by molar-refractivity contribution is -0.139. The van der Waals surface area contributed by atoms with E-state index in [0.29, 0.717) is 11.3 Å². The molecule has 8 heteroatoms. The number of para-hydroxylation sites is 1. The van der Waals surface area contributed by atoms with Gasteiger partial charge in [-0.2, -0.15) is 0 Å². The zero-order chi connectivity index (χ0) is 20.6. The Bertz CT molecular complexity index is 927. The van der Waals surface area contributed by atoms with Crippen LogP contribution in [0.1, 0.15) is 6.92 Å². The molecule has 0 saturated heterocycles. The predicted molar refractivity (Wildman–Crippen MR) is 119 cm³/mol. The number of carbonyl (C=O) groups excluding carboxylic acids is 2. The summed E-state index contributed by atoms with van der Waals surface area (Å²) in [6.07, 6.45) is 1.97. The van der Waals surface area contributed by atoms with E-state index in [-0.39, 0.29) is 12.3 Å². The number of halogens is 1. The van der Waals surface area contributed by atoms with Gasteiger partial charge in [0.05, 0.1) is 18.6 Å². The maximum absolute atomic E-state index is 12.8. The SMILES string of the molecule is CCOC(=O)C(NNc1ccccc1)=C1C=COC1C(=O)Nc1ccc(I)cc1. The van der Waals surface area contributed by atoms with Gasteiger partial charge >= 0.3 is 5.97 Å². The van der Waals surface area contributed by atoms with Crippen molar-refractivity contribution < 1.29 is 19.1 Å². The van der Waals surface area contributed by atoms with Gasteiger partial charge in [-0.3, -0.25) is 10.2 Å². The van der Waals surface area contributed by atoms with Gasteiger partial charge in [-0.25, -0.2) is 4.79 Å². The highest BCUT2D eigenvalue weighted by Crippen LogP contribution is 2.23. The van der Waals surface area contributed by atoms with Crippen molar-refractivity contribution in [3.05, 3.63) is 81.8 Å². The van der Waals surface area contributed by atoms with Crippen LogP contribution in [-0.2, 0) is 19.1 Å². The predicted octanol–water partition coefficient (Wildman–Crippen LogP) is 3.58. The topological polar surface area (TPSA) is 88.7 Å². The maximum Gasteiger partial charge on any atom is 0.356 e. The van der Waals surface area contributed by atoms with Crippen LogP contribution in [0.15, 0.2) is 78.2 Å². The molecule has 1 aliphatic rings. The molecule has 0 spiro atoms. The fraction of sp³-hybridized carbons (Fsp3) is 0.143. The van der Waals surface area contributed by atoms with Crippen LogP contribution in [0.2, 0.25) is 0 Å². The van der Waals surface area contributed by atoms with Gasteiger partial charge in [-0.05, 0) is 72.0 Å². The maximum atomic E-state index is 12.8. The summed E-state index contributed by atoms with van der Waals surface area (Å²) in [5.41, 5.74) is 7.67. The first-order valence-electron chi connectivity index (χ1n) is 8.95.